The second kappa shape index (κ2) is 12.0. The monoisotopic (exact) mass is 480 g/mol. The quantitative estimate of drug-likeness (QED) is 0.181. The number of hydrogen-bond donors (Lipinski definition) is 7. The zero-order chi connectivity index (χ0) is 25.4. The van der Waals surface area contributed by atoms with Gasteiger partial charge in [-0.2, -0.15) is 0 Å². The van der Waals surface area contributed by atoms with Crippen molar-refractivity contribution in [1.82, 2.24) is 15.5 Å². The van der Waals surface area contributed by atoms with Crippen molar-refractivity contribution in [3.63, 3.8) is 0 Å². The summed E-state index contributed by atoms with van der Waals surface area (Å²) >= 11 is 0. The number of nitrogens with two attached hydrogens (primary N) is 1. The van der Waals surface area contributed by atoms with Crippen LogP contribution in [0.4, 0.5) is 0 Å². The van der Waals surface area contributed by atoms with Gasteiger partial charge in [-0.3, -0.25) is 19.2 Å². The van der Waals surface area contributed by atoms with E-state index in [4.69, 9.17) is 10.8 Å². The van der Waals surface area contributed by atoms with Gasteiger partial charge in [-0.25, -0.2) is 4.79 Å². The topological polar surface area (TPSA) is 220 Å². The van der Waals surface area contributed by atoms with Crippen LogP contribution < -0.4 is 16.4 Å². The van der Waals surface area contributed by atoms with E-state index < -0.39 is 66.9 Å². The lowest BCUT2D eigenvalue weighted by Crippen LogP contribution is -2.58. The normalized spacial score (nSPS) is 17.9. The first-order valence-electron chi connectivity index (χ1n) is 10.5. The predicted octanol–water partition coefficient (Wildman–Crippen LogP) is -2.23. The second-order valence-electron chi connectivity index (χ2n) is 7.91. The summed E-state index contributed by atoms with van der Waals surface area (Å²) in [5, 5.41) is 41.9. The lowest BCUT2D eigenvalue weighted by molar-refractivity contribution is -0.150. The average molecular weight is 480 g/mol. The Bertz CT molecular complexity index is 921. The number of rotatable bonds is 11. The number of carboxylic acids is 2. The van der Waals surface area contributed by atoms with Gasteiger partial charge in [0, 0.05) is 13.0 Å². The zero-order valence-electron chi connectivity index (χ0n) is 18.2. The number of aliphatic hydroxyl groups is 1. The molecule has 4 atom stereocenters. The molecule has 0 aromatic heterocycles. The minimum Gasteiger partial charge on any atom is -0.508 e. The fraction of sp³-hybridized carbons (Fsp3) is 0.476. The van der Waals surface area contributed by atoms with Crippen LogP contribution in [0.25, 0.3) is 0 Å². The first-order valence-corrected chi connectivity index (χ1v) is 10.5. The number of phenols is 1. The van der Waals surface area contributed by atoms with E-state index in [1.54, 1.807) is 0 Å². The summed E-state index contributed by atoms with van der Waals surface area (Å²) in [7, 11) is 0. The molecule has 186 valence electrons. The van der Waals surface area contributed by atoms with Crippen molar-refractivity contribution in [2.45, 2.75) is 49.9 Å². The number of aliphatic carboxylic acids is 2. The van der Waals surface area contributed by atoms with Gasteiger partial charge in [0.05, 0.1) is 19.1 Å². The van der Waals surface area contributed by atoms with E-state index >= 15 is 0 Å². The summed E-state index contributed by atoms with van der Waals surface area (Å²) in [6.45, 7) is -0.661. The second-order valence-corrected chi connectivity index (χ2v) is 7.91. The molecule has 13 heteroatoms. The van der Waals surface area contributed by atoms with Gasteiger partial charge in [0.15, 0.2) is 0 Å². The number of carbonyl (C=O) groups is 5. The van der Waals surface area contributed by atoms with Crippen LogP contribution in [0.5, 0.6) is 5.75 Å². The number of phenolic OH excluding ortho intramolecular Hbond substituents is 1. The average Bonchev–Trinajstić information content (AvgIpc) is 3.27. The van der Waals surface area contributed by atoms with Crippen molar-refractivity contribution < 1.29 is 44.4 Å². The highest BCUT2D eigenvalue weighted by Gasteiger charge is 2.38. The molecule has 8 N–H and O–H groups in total. The van der Waals surface area contributed by atoms with Gasteiger partial charge in [0.1, 0.15) is 23.9 Å². The molecule has 0 spiro atoms. The van der Waals surface area contributed by atoms with Crippen LogP contribution in [-0.4, -0.2) is 92.3 Å². The molecule has 3 amide bonds. The maximum absolute atomic E-state index is 13.0. The molecule has 4 unspecified atom stereocenters. The fourth-order valence-corrected chi connectivity index (χ4v) is 3.58. The maximum Gasteiger partial charge on any atom is 0.326 e. The number of carboxylic acid groups (broad SMARTS) is 2. The Kier molecular flexibility index (Phi) is 9.33. The number of aromatic hydroxyl groups is 1. The van der Waals surface area contributed by atoms with Gasteiger partial charge in [0.25, 0.3) is 0 Å². The summed E-state index contributed by atoms with van der Waals surface area (Å²) in [5.41, 5.74) is 6.08. The van der Waals surface area contributed by atoms with Gasteiger partial charge in [-0.15, -0.1) is 0 Å². The van der Waals surface area contributed by atoms with Gasteiger partial charge >= 0.3 is 11.9 Å². The minimum absolute atomic E-state index is 0.0261. The first kappa shape index (κ1) is 26.5. The lowest BCUT2D eigenvalue weighted by Gasteiger charge is -2.28. The van der Waals surface area contributed by atoms with Gasteiger partial charge in [0.2, 0.25) is 17.7 Å². The number of nitrogens with one attached hydrogen (secondary N) is 2. The van der Waals surface area contributed by atoms with Crippen molar-refractivity contribution in [2.75, 3.05) is 13.2 Å². The molecule has 1 aromatic rings. The van der Waals surface area contributed by atoms with E-state index in [0.29, 0.717) is 12.0 Å². The number of aliphatic hydroxyl groups excluding tert-OH is 1. The van der Waals surface area contributed by atoms with Crippen molar-refractivity contribution >= 4 is 29.7 Å². The highest BCUT2D eigenvalue weighted by atomic mass is 16.4. The summed E-state index contributed by atoms with van der Waals surface area (Å²) in [6, 6.07) is 0.435. The summed E-state index contributed by atoms with van der Waals surface area (Å²) in [5.74, 6) is -5.11. The number of carbonyl (C=O) groups excluding carboxylic acids is 3. The van der Waals surface area contributed by atoms with Crippen LogP contribution in [-0.2, 0) is 30.4 Å². The minimum atomic E-state index is -1.46. The van der Waals surface area contributed by atoms with E-state index in [1.807, 2.05) is 0 Å². The third kappa shape index (κ3) is 7.15. The van der Waals surface area contributed by atoms with Gasteiger partial charge < -0.3 is 41.7 Å². The van der Waals surface area contributed by atoms with Crippen LogP contribution in [0.1, 0.15) is 24.8 Å². The molecular weight excluding hydrogens is 452 g/mol. The number of likely N-dealkylation sites (tertiary alicyclic amines) is 1. The SMILES string of the molecule is NC(CC(=O)O)C(=O)NC(Cc1ccc(O)cc1)C(=O)NC(CO)C(=O)N1CCCC1C(=O)O. The largest absolute Gasteiger partial charge is 0.508 e. The highest BCUT2D eigenvalue weighted by molar-refractivity contribution is 5.95. The van der Waals surface area contributed by atoms with Crippen LogP contribution in [0, 0.1) is 0 Å². The first-order chi connectivity index (χ1) is 16.0. The smallest absolute Gasteiger partial charge is 0.326 e. The molecule has 1 saturated heterocycles. The zero-order valence-corrected chi connectivity index (χ0v) is 18.2. The Labute approximate surface area is 194 Å². The Morgan fingerprint density at radius 1 is 1.03 bits per heavy atom. The van der Waals surface area contributed by atoms with E-state index in [9.17, 15) is 39.3 Å². The summed E-state index contributed by atoms with van der Waals surface area (Å²) in [4.78, 5) is 61.4. The third-order valence-corrected chi connectivity index (χ3v) is 5.36. The summed E-state index contributed by atoms with van der Waals surface area (Å²) < 4.78 is 0. The van der Waals surface area contributed by atoms with Crippen molar-refractivity contribution in [2.24, 2.45) is 5.73 Å². The molecule has 1 aromatic carbocycles. The van der Waals surface area contributed by atoms with E-state index in [0.717, 1.165) is 4.90 Å². The van der Waals surface area contributed by atoms with E-state index in [1.165, 1.54) is 24.3 Å². The van der Waals surface area contributed by atoms with E-state index in [2.05, 4.69) is 10.6 Å². The lowest BCUT2D eigenvalue weighted by atomic mass is 10.0. The number of amides is 3. The number of hydrogen-bond acceptors (Lipinski definition) is 8. The van der Waals surface area contributed by atoms with Gasteiger partial charge in [-0.05, 0) is 30.5 Å². The molecular formula is C21H28N4O9. The predicted molar refractivity (Wildman–Crippen MR) is 115 cm³/mol. The van der Waals surface area contributed by atoms with Crippen LogP contribution in [0.3, 0.4) is 0 Å². The Morgan fingerprint density at radius 3 is 2.21 bits per heavy atom. The Morgan fingerprint density at radius 2 is 1.65 bits per heavy atom. The molecule has 0 aliphatic carbocycles. The molecule has 1 aliphatic heterocycles. The summed E-state index contributed by atoms with van der Waals surface area (Å²) in [6.07, 6.45) is -0.0852. The van der Waals surface area contributed by atoms with Gasteiger partial charge in [-0.1, -0.05) is 12.1 Å². The highest BCUT2D eigenvalue weighted by Crippen LogP contribution is 2.18. The van der Waals surface area contributed by atoms with Crippen LogP contribution >= 0.6 is 0 Å². The van der Waals surface area contributed by atoms with Crippen molar-refractivity contribution in [1.29, 1.82) is 0 Å². The molecule has 13 nitrogen and oxygen atoms in total. The molecule has 34 heavy (non-hydrogen) atoms. The van der Waals surface area contributed by atoms with Crippen LogP contribution in [0.15, 0.2) is 24.3 Å². The molecule has 0 saturated carbocycles. The molecule has 1 fully saturated rings. The van der Waals surface area contributed by atoms with Crippen LogP contribution in [0.2, 0.25) is 0 Å². The van der Waals surface area contributed by atoms with E-state index in [-0.39, 0.29) is 25.1 Å². The number of benzene rings is 1. The fourth-order valence-electron chi connectivity index (χ4n) is 3.58. The molecule has 0 radical (unpaired) electrons. The molecule has 0 bridgehead atoms. The van der Waals surface area contributed by atoms with Crippen molar-refractivity contribution in [3.05, 3.63) is 29.8 Å². The molecule has 1 heterocycles. The standard InChI is InChI=1S/C21H28N4O9/c22-13(9-17(28)29)18(30)23-14(8-11-3-5-12(27)6-4-11)19(31)24-15(10-26)20(32)25-7-1-2-16(25)21(33)34/h3-6,13-16,26-27H,1-2,7-10,22H2,(H,23,30)(H,24,31)(H,28,29)(H,33,34). The Hall–Kier alpha value is -3.71. The number of nitrogens with zero attached hydrogens (tertiary/aromatic N) is 1. The third-order valence-electron chi connectivity index (χ3n) is 5.36. The Balaban J connectivity index is 2.18. The molecule has 1 aliphatic rings. The van der Waals surface area contributed by atoms with Crippen molar-refractivity contribution in [3.8, 4) is 5.75 Å². The maximum atomic E-state index is 13.0. The molecule has 2 rings (SSSR count).